The highest BCUT2D eigenvalue weighted by atomic mass is 16.5. The Balaban J connectivity index is 1.96. The molecular weight excluding hydrogens is 252 g/mol. The van der Waals surface area contributed by atoms with Crippen LogP contribution in [0, 0.1) is 0 Å². The zero-order valence-electron chi connectivity index (χ0n) is 11.4. The topological polar surface area (TPSA) is 64.3 Å². The van der Waals surface area contributed by atoms with Crippen molar-refractivity contribution in [2.45, 2.75) is 13.5 Å². The van der Waals surface area contributed by atoms with Crippen molar-refractivity contribution in [2.24, 2.45) is 0 Å². The second kappa shape index (κ2) is 6.61. The van der Waals surface area contributed by atoms with Crippen molar-refractivity contribution in [3.8, 4) is 5.75 Å². The molecule has 0 atom stereocenters. The number of carbonyl (C=O) groups is 1. The van der Waals surface area contributed by atoms with Crippen molar-refractivity contribution in [3.05, 3.63) is 59.7 Å². The third kappa shape index (κ3) is 3.75. The maximum atomic E-state index is 12.0. The summed E-state index contributed by atoms with van der Waals surface area (Å²) in [6, 6.07) is 14.5. The van der Waals surface area contributed by atoms with Gasteiger partial charge in [-0.15, -0.1) is 0 Å². The lowest BCUT2D eigenvalue weighted by Crippen LogP contribution is -2.22. The van der Waals surface area contributed by atoms with Crippen LogP contribution in [-0.4, -0.2) is 12.5 Å². The molecule has 0 aliphatic carbocycles. The van der Waals surface area contributed by atoms with E-state index in [-0.39, 0.29) is 5.91 Å². The van der Waals surface area contributed by atoms with Crippen LogP contribution in [0.3, 0.4) is 0 Å². The Kier molecular flexibility index (Phi) is 4.60. The number of nitrogens with one attached hydrogen (secondary N) is 1. The van der Waals surface area contributed by atoms with E-state index in [1.165, 1.54) is 0 Å². The number of hydrogen-bond donors (Lipinski definition) is 2. The Morgan fingerprint density at radius 3 is 2.65 bits per heavy atom. The fourth-order valence-corrected chi connectivity index (χ4v) is 1.83. The van der Waals surface area contributed by atoms with Crippen LogP contribution in [0.4, 0.5) is 5.69 Å². The SMILES string of the molecule is CCOc1cccc(CNC(=O)c2ccc(N)cc2)c1. The fourth-order valence-electron chi connectivity index (χ4n) is 1.83. The van der Waals surface area contributed by atoms with Gasteiger partial charge < -0.3 is 15.8 Å². The molecule has 3 N–H and O–H groups in total. The fraction of sp³-hybridized carbons (Fsp3) is 0.188. The highest BCUT2D eigenvalue weighted by molar-refractivity contribution is 5.94. The van der Waals surface area contributed by atoms with Crippen LogP contribution in [-0.2, 0) is 6.54 Å². The quantitative estimate of drug-likeness (QED) is 0.821. The number of ether oxygens (including phenoxy) is 1. The third-order valence-corrected chi connectivity index (χ3v) is 2.84. The van der Waals surface area contributed by atoms with Gasteiger partial charge in [0.1, 0.15) is 5.75 Å². The number of carbonyl (C=O) groups excluding carboxylic acids is 1. The Morgan fingerprint density at radius 1 is 1.20 bits per heavy atom. The first-order valence-electron chi connectivity index (χ1n) is 6.54. The molecule has 0 radical (unpaired) electrons. The summed E-state index contributed by atoms with van der Waals surface area (Å²) in [7, 11) is 0. The molecular formula is C16H18N2O2. The van der Waals surface area contributed by atoms with Crippen molar-refractivity contribution >= 4 is 11.6 Å². The molecule has 0 saturated heterocycles. The van der Waals surface area contributed by atoms with E-state index in [9.17, 15) is 4.79 Å². The summed E-state index contributed by atoms with van der Waals surface area (Å²) in [6.45, 7) is 3.03. The first-order valence-corrected chi connectivity index (χ1v) is 6.54. The molecule has 2 aromatic rings. The minimum absolute atomic E-state index is 0.119. The van der Waals surface area contributed by atoms with E-state index in [0.29, 0.717) is 24.4 Å². The molecule has 1 amide bonds. The number of anilines is 1. The van der Waals surface area contributed by atoms with Gasteiger partial charge in [-0.05, 0) is 48.9 Å². The van der Waals surface area contributed by atoms with E-state index in [4.69, 9.17) is 10.5 Å². The van der Waals surface area contributed by atoms with E-state index >= 15 is 0 Å². The minimum Gasteiger partial charge on any atom is -0.494 e. The number of nitrogen functional groups attached to an aromatic ring is 1. The lowest BCUT2D eigenvalue weighted by molar-refractivity contribution is 0.0951. The molecule has 4 heteroatoms. The zero-order valence-corrected chi connectivity index (χ0v) is 11.4. The van der Waals surface area contributed by atoms with Crippen LogP contribution in [0.1, 0.15) is 22.8 Å². The van der Waals surface area contributed by atoms with Crippen LogP contribution >= 0.6 is 0 Å². The maximum absolute atomic E-state index is 12.0. The van der Waals surface area contributed by atoms with Gasteiger partial charge in [-0.1, -0.05) is 12.1 Å². The van der Waals surface area contributed by atoms with E-state index in [2.05, 4.69) is 5.32 Å². The molecule has 0 aliphatic heterocycles. The van der Waals surface area contributed by atoms with Crippen molar-refractivity contribution in [1.29, 1.82) is 0 Å². The van der Waals surface area contributed by atoms with Crippen LogP contribution in [0.25, 0.3) is 0 Å². The van der Waals surface area contributed by atoms with E-state index in [1.807, 2.05) is 31.2 Å². The van der Waals surface area contributed by atoms with Gasteiger partial charge in [0, 0.05) is 17.8 Å². The Labute approximate surface area is 118 Å². The van der Waals surface area contributed by atoms with E-state index < -0.39 is 0 Å². The largest absolute Gasteiger partial charge is 0.494 e. The van der Waals surface area contributed by atoms with Gasteiger partial charge >= 0.3 is 0 Å². The van der Waals surface area contributed by atoms with Crippen LogP contribution in [0.15, 0.2) is 48.5 Å². The molecule has 0 bridgehead atoms. The van der Waals surface area contributed by atoms with Crippen molar-refractivity contribution < 1.29 is 9.53 Å². The monoisotopic (exact) mass is 270 g/mol. The number of amides is 1. The normalized spacial score (nSPS) is 10.1. The second-order valence-corrected chi connectivity index (χ2v) is 4.39. The number of hydrogen-bond acceptors (Lipinski definition) is 3. The number of rotatable bonds is 5. The molecule has 2 aromatic carbocycles. The molecule has 4 nitrogen and oxygen atoms in total. The van der Waals surface area contributed by atoms with Crippen molar-refractivity contribution in [1.82, 2.24) is 5.32 Å². The molecule has 20 heavy (non-hydrogen) atoms. The molecule has 0 unspecified atom stereocenters. The van der Waals surface area contributed by atoms with Crippen LogP contribution < -0.4 is 15.8 Å². The average Bonchev–Trinajstić information content (AvgIpc) is 2.46. The molecule has 104 valence electrons. The average molecular weight is 270 g/mol. The molecule has 0 aromatic heterocycles. The lowest BCUT2D eigenvalue weighted by atomic mass is 10.1. The summed E-state index contributed by atoms with van der Waals surface area (Å²) < 4.78 is 5.42. The van der Waals surface area contributed by atoms with Gasteiger partial charge in [0.05, 0.1) is 6.61 Å². The van der Waals surface area contributed by atoms with Gasteiger partial charge in [-0.2, -0.15) is 0 Å². The molecule has 0 spiro atoms. The van der Waals surface area contributed by atoms with Crippen molar-refractivity contribution in [3.63, 3.8) is 0 Å². The summed E-state index contributed by atoms with van der Waals surface area (Å²) in [5, 5.41) is 2.87. The summed E-state index contributed by atoms with van der Waals surface area (Å²) in [5.41, 5.74) is 7.83. The van der Waals surface area contributed by atoms with Gasteiger partial charge in [-0.3, -0.25) is 4.79 Å². The van der Waals surface area contributed by atoms with Gasteiger partial charge in [0.2, 0.25) is 0 Å². The molecule has 0 heterocycles. The number of nitrogens with two attached hydrogens (primary N) is 1. The van der Waals surface area contributed by atoms with Gasteiger partial charge in [0.25, 0.3) is 5.91 Å². The third-order valence-electron chi connectivity index (χ3n) is 2.84. The summed E-state index contributed by atoms with van der Waals surface area (Å²) in [4.78, 5) is 12.0. The molecule has 2 rings (SSSR count). The maximum Gasteiger partial charge on any atom is 0.251 e. The highest BCUT2D eigenvalue weighted by Crippen LogP contribution is 2.13. The first kappa shape index (κ1) is 13.9. The second-order valence-electron chi connectivity index (χ2n) is 4.39. The van der Waals surface area contributed by atoms with Gasteiger partial charge in [0.15, 0.2) is 0 Å². The van der Waals surface area contributed by atoms with Gasteiger partial charge in [-0.25, -0.2) is 0 Å². The molecule has 0 aliphatic rings. The standard InChI is InChI=1S/C16H18N2O2/c1-2-20-15-5-3-4-12(10-15)11-18-16(19)13-6-8-14(17)9-7-13/h3-10H,2,11,17H2,1H3,(H,18,19). The van der Waals surface area contributed by atoms with Crippen LogP contribution in [0.5, 0.6) is 5.75 Å². The summed E-state index contributed by atoms with van der Waals surface area (Å²) in [6.07, 6.45) is 0. The zero-order chi connectivity index (χ0) is 14.4. The summed E-state index contributed by atoms with van der Waals surface area (Å²) >= 11 is 0. The van der Waals surface area contributed by atoms with Crippen LogP contribution in [0.2, 0.25) is 0 Å². The minimum atomic E-state index is -0.119. The summed E-state index contributed by atoms with van der Waals surface area (Å²) in [5.74, 6) is 0.693. The smallest absolute Gasteiger partial charge is 0.251 e. The first-order chi connectivity index (χ1) is 9.69. The molecule has 0 fully saturated rings. The van der Waals surface area contributed by atoms with E-state index in [0.717, 1.165) is 11.3 Å². The lowest BCUT2D eigenvalue weighted by Gasteiger charge is -2.08. The highest BCUT2D eigenvalue weighted by Gasteiger charge is 2.05. The Morgan fingerprint density at radius 2 is 1.95 bits per heavy atom. The van der Waals surface area contributed by atoms with E-state index in [1.54, 1.807) is 24.3 Å². The molecule has 0 saturated carbocycles. The predicted octanol–water partition coefficient (Wildman–Crippen LogP) is 2.60. The predicted molar refractivity (Wildman–Crippen MR) is 79.6 cm³/mol. The Bertz CT molecular complexity index is 579. The van der Waals surface area contributed by atoms with Crippen molar-refractivity contribution in [2.75, 3.05) is 12.3 Å². The Hall–Kier alpha value is -2.49. The number of benzene rings is 2.